The highest BCUT2D eigenvalue weighted by atomic mass is 35.5. The number of ether oxygens (including phenoxy) is 1. The standard InChI is InChI=1S/C21H21ClN2O3/c1-21(5-6-21)20(26)23-11-15-8-14-9-17(22)19(10-18(14)24-15)27-12-13-3-2-4-16(25)7-13/h2-4,7-10,24-25H,5-6,11-12H2,1H3,(H,23,26). The quantitative estimate of drug-likeness (QED) is 0.584. The summed E-state index contributed by atoms with van der Waals surface area (Å²) in [6.07, 6.45) is 1.92. The topological polar surface area (TPSA) is 74.3 Å². The zero-order valence-corrected chi connectivity index (χ0v) is 15.8. The molecule has 1 saturated carbocycles. The lowest BCUT2D eigenvalue weighted by atomic mass is 10.1. The van der Waals surface area contributed by atoms with Gasteiger partial charge in [-0.15, -0.1) is 0 Å². The number of phenolic OH excluding ortho intramolecular Hbond substituents is 1. The van der Waals surface area contributed by atoms with Crippen LogP contribution in [0.15, 0.2) is 42.5 Å². The molecule has 3 N–H and O–H groups in total. The highest BCUT2D eigenvalue weighted by molar-refractivity contribution is 6.32. The van der Waals surface area contributed by atoms with Gasteiger partial charge in [0.25, 0.3) is 0 Å². The number of halogens is 1. The average molecular weight is 385 g/mol. The normalized spacial score (nSPS) is 14.9. The third kappa shape index (κ3) is 3.88. The molecule has 1 aliphatic rings. The number of benzene rings is 2. The molecule has 1 heterocycles. The molecule has 0 saturated heterocycles. The van der Waals surface area contributed by atoms with Crippen LogP contribution in [0.5, 0.6) is 11.5 Å². The number of hydrogen-bond acceptors (Lipinski definition) is 3. The number of carbonyl (C=O) groups excluding carboxylic acids is 1. The van der Waals surface area contributed by atoms with Gasteiger partial charge in [-0.25, -0.2) is 0 Å². The van der Waals surface area contributed by atoms with Crippen LogP contribution < -0.4 is 10.1 Å². The van der Waals surface area contributed by atoms with Gasteiger partial charge < -0.3 is 20.1 Å². The Hall–Kier alpha value is -2.66. The van der Waals surface area contributed by atoms with Crippen molar-refractivity contribution in [2.45, 2.75) is 32.9 Å². The monoisotopic (exact) mass is 384 g/mol. The Morgan fingerprint density at radius 3 is 2.85 bits per heavy atom. The number of nitrogens with one attached hydrogen (secondary N) is 2. The van der Waals surface area contributed by atoms with Crippen LogP contribution in [0.1, 0.15) is 31.0 Å². The van der Waals surface area contributed by atoms with E-state index in [9.17, 15) is 9.90 Å². The fourth-order valence-electron chi connectivity index (χ4n) is 3.01. The molecule has 140 valence electrons. The van der Waals surface area contributed by atoms with E-state index in [4.69, 9.17) is 16.3 Å². The van der Waals surface area contributed by atoms with Gasteiger partial charge in [-0.1, -0.05) is 30.7 Å². The van der Waals surface area contributed by atoms with Gasteiger partial charge in [-0.3, -0.25) is 4.79 Å². The highest BCUT2D eigenvalue weighted by Gasteiger charge is 2.44. The Morgan fingerprint density at radius 2 is 2.11 bits per heavy atom. The molecule has 3 aromatic rings. The fraction of sp³-hybridized carbons (Fsp3) is 0.286. The van der Waals surface area contributed by atoms with Crippen molar-refractivity contribution < 1.29 is 14.6 Å². The molecule has 0 aliphatic heterocycles. The van der Waals surface area contributed by atoms with Crippen molar-refractivity contribution >= 4 is 28.4 Å². The van der Waals surface area contributed by atoms with E-state index in [0.717, 1.165) is 35.0 Å². The van der Waals surface area contributed by atoms with Crippen molar-refractivity contribution in [1.29, 1.82) is 0 Å². The minimum Gasteiger partial charge on any atom is -0.508 e. The van der Waals surface area contributed by atoms with Crippen LogP contribution in [-0.4, -0.2) is 16.0 Å². The van der Waals surface area contributed by atoms with Gasteiger partial charge >= 0.3 is 0 Å². The van der Waals surface area contributed by atoms with Crippen molar-refractivity contribution in [3.63, 3.8) is 0 Å². The summed E-state index contributed by atoms with van der Waals surface area (Å²) in [7, 11) is 0. The summed E-state index contributed by atoms with van der Waals surface area (Å²) in [6, 6.07) is 12.6. The number of aromatic hydroxyl groups is 1. The number of rotatable bonds is 6. The molecule has 0 radical (unpaired) electrons. The molecule has 0 unspecified atom stereocenters. The van der Waals surface area contributed by atoms with Gasteiger partial charge in [-0.2, -0.15) is 0 Å². The largest absolute Gasteiger partial charge is 0.508 e. The molecular weight excluding hydrogens is 364 g/mol. The lowest BCUT2D eigenvalue weighted by Crippen LogP contribution is -2.29. The predicted octanol–water partition coefficient (Wildman–Crippen LogP) is 4.52. The number of H-pyrrole nitrogens is 1. The lowest BCUT2D eigenvalue weighted by molar-refractivity contribution is -0.125. The SMILES string of the molecule is CC1(C(=O)NCc2cc3cc(Cl)c(OCc4cccc(O)c4)cc3[nH]2)CC1. The van der Waals surface area contributed by atoms with Crippen LogP contribution in [0.3, 0.4) is 0 Å². The summed E-state index contributed by atoms with van der Waals surface area (Å²) in [5.74, 6) is 0.874. The number of aromatic amines is 1. The number of hydrogen-bond donors (Lipinski definition) is 3. The highest BCUT2D eigenvalue weighted by Crippen LogP contribution is 2.45. The third-order valence-corrected chi connectivity index (χ3v) is 5.32. The molecule has 0 atom stereocenters. The molecule has 6 heteroatoms. The van der Waals surface area contributed by atoms with Crippen molar-refractivity contribution in [3.05, 3.63) is 58.7 Å². The van der Waals surface area contributed by atoms with E-state index in [2.05, 4.69) is 10.3 Å². The summed E-state index contributed by atoms with van der Waals surface area (Å²) >= 11 is 6.35. The smallest absolute Gasteiger partial charge is 0.226 e. The zero-order valence-electron chi connectivity index (χ0n) is 15.0. The average Bonchev–Trinajstić information content (AvgIpc) is 3.27. The summed E-state index contributed by atoms with van der Waals surface area (Å²) in [6.45, 7) is 2.76. The number of carbonyl (C=O) groups is 1. The molecular formula is C21H21ClN2O3. The van der Waals surface area contributed by atoms with E-state index in [-0.39, 0.29) is 17.1 Å². The molecule has 1 aromatic heterocycles. The van der Waals surface area contributed by atoms with E-state index in [0.29, 0.717) is 23.9 Å². The van der Waals surface area contributed by atoms with E-state index < -0.39 is 0 Å². The number of aromatic nitrogens is 1. The Labute approximate surface area is 162 Å². The second kappa shape index (κ2) is 6.82. The van der Waals surface area contributed by atoms with Crippen LogP contribution in [0.4, 0.5) is 0 Å². The van der Waals surface area contributed by atoms with E-state index in [1.165, 1.54) is 0 Å². The molecule has 0 spiro atoms. The molecule has 1 aliphatic carbocycles. The molecule has 1 fully saturated rings. The van der Waals surface area contributed by atoms with Crippen LogP contribution in [0, 0.1) is 5.41 Å². The second-order valence-electron chi connectivity index (χ2n) is 7.37. The first-order chi connectivity index (χ1) is 12.9. The fourth-order valence-corrected chi connectivity index (χ4v) is 3.24. The Morgan fingerprint density at radius 1 is 1.30 bits per heavy atom. The zero-order chi connectivity index (χ0) is 19.0. The number of amides is 1. The van der Waals surface area contributed by atoms with Crippen molar-refractivity contribution in [2.24, 2.45) is 5.41 Å². The summed E-state index contributed by atoms with van der Waals surface area (Å²) in [5.41, 5.74) is 2.49. The van der Waals surface area contributed by atoms with E-state index in [1.807, 2.05) is 31.2 Å². The first-order valence-electron chi connectivity index (χ1n) is 8.93. The Kier molecular flexibility index (Phi) is 4.48. The second-order valence-corrected chi connectivity index (χ2v) is 7.77. The van der Waals surface area contributed by atoms with Gasteiger partial charge in [0.15, 0.2) is 0 Å². The van der Waals surface area contributed by atoms with E-state index in [1.54, 1.807) is 18.2 Å². The molecule has 2 aromatic carbocycles. The minimum atomic E-state index is -0.178. The first kappa shape index (κ1) is 17.7. The molecule has 4 rings (SSSR count). The maximum atomic E-state index is 12.1. The molecule has 0 bridgehead atoms. The molecule has 1 amide bonds. The van der Waals surface area contributed by atoms with Crippen LogP contribution in [0.2, 0.25) is 5.02 Å². The number of phenols is 1. The van der Waals surface area contributed by atoms with Gasteiger partial charge in [0.05, 0.1) is 11.6 Å². The Balaban J connectivity index is 1.46. The van der Waals surface area contributed by atoms with Crippen LogP contribution in [0.25, 0.3) is 10.9 Å². The van der Waals surface area contributed by atoms with Crippen molar-refractivity contribution in [1.82, 2.24) is 10.3 Å². The van der Waals surface area contributed by atoms with Gasteiger partial charge in [0.1, 0.15) is 18.1 Å². The summed E-state index contributed by atoms with van der Waals surface area (Å²) in [4.78, 5) is 15.4. The van der Waals surface area contributed by atoms with E-state index >= 15 is 0 Å². The predicted molar refractivity (Wildman–Crippen MR) is 105 cm³/mol. The summed E-state index contributed by atoms with van der Waals surface area (Å²) < 4.78 is 5.81. The Bertz CT molecular complexity index is 1010. The van der Waals surface area contributed by atoms with Gasteiger partial charge in [0.2, 0.25) is 5.91 Å². The van der Waals surface area contributed by atoms with Crippen LogP contribution in [-0.2, 0) is 17.9 Å². The van der Waals surface area contributed by atoms with Gasteiger partial charge in [-0.05, 0) is 42.7 Å². The van der Waals surface area contributed by atoms with Crippen molar-refractivity contribution in [3.8, 4) is 11.5 Å². The minimum absolute atomic E-state index is 0.106. The maximum absolute atomic E-state index is 12.1. The van der Waals surface area contributed by atoms with Crippen LogP contribution >= 0.6 is 11.6 Å². The summed E-state index contributed by atoms with van der Waals surface area (Å²) in [5, 5.41) is 14.0. The lowest BCUT2D eigenvalue weighted by Gasteiger charge is -2.09. The third-order valence-electron chi connectivity index (χ3n) is 5.02. The van der Waals surface area contributed by atoms with Gasteiger partial charge in [0, 0.05) is 28.1 Å². The molecule has 27 heavy (non-hydrogen) atoms. The number of fused-ring (bicyclic) bond motifs is 1. The maximum Gasteiger partial charge on any atom is 0.226 e. The van der Waals surface area contributed by atoms with Crippen molar-refractivity contribution in [2.75, 3.05) is 0 Å². The molecule has 5 nitrogen and oxygen atoms in total. The first-order valence-corrected chi connectivity index (χ1v) is 9.31.